The summed E-state index contributed by atoms with van der Waals surface area (Å²) in [6, 6.07) is 0. The molecule has 0 radical (unpaired) electrons. The minimum absolute atomic E-state index is 0.00425. The molecule has 3 fully saturated rings. The molecule has 146 valence electrons. The average molecular weight is 361 g/mol. The lowest BCUT2D eigenvalue weighted by Crippen LogP contribution is -2.47. The topological polar surface area (TPSA) is 9.23 Å². The molecule has 3 saturated carbocycles. The minimum Gasteiger partial charge on any atom is -0.375 e. The van der Waals surface area contributed by atoms with E-state index >= 15 is 0 Å². The van der Waals surface area contributed by atoms with Crippen LogP contribution in [-0.4, -0.2) is 31.2 Å². The summed E-state index contributed by atoms with van der Waals surface area (Å²) < 4.78 is 49.2. The molecule has 0 heterocycles. The molecule has 0 N–H and O–H groups in total. The van der Waals surface area contributed by atoms with Crippen LogP contribution >= 0.6 is 0 Å². The molecule has 1 nitrogen and oxygen atoms in total. The summed E-state index contributed by atoms with van der Waals surface area (Å²) in [6.07, 6.45) is 3.62. The Kier molecular flexibility index (Phi) is 6.73. The molecule has 25 heavy (non-hydrogen) atoms. The molecule has 0 spiro atoms. The zero-order chi connectivity index (χ0) is 18.0. The standard InChI is InChI=1S/C21H35F3O/c1-3-25-19-11-10-17(20(23)21(19)24)15-8-9-16(18(22)12-15)14-6-4-13(2)5-7-14/h13-21H,3-12H2,1-2H3. The van der Waals surface area contributed by atoms with Crippen LogP contribution in [0, 0.1) is 29.6 Å². The number of rotatable bonds is 4. The molecule has 7 unspecified atom stereocenters. The number of ether oxygens (including phenoxy) is 1. The molecular formula is C21H35F3O. The lowest BCUT2D eigenvalue weighted by molar-refractivity contribution is -0.0894. The van der Waals surface area contributed by atoms with E-state index in [-0.39, 0.29) is 17.8 Å². The molecule has 3 aliphatic carbocycles. The fraction of sp³-hybridized carbons (Fsp3) is 1.00. The lowest BCUT2D eigenvalue weighted by atomic mass is 9.64. The van der Waals surface area contributed by atoms with Gasteiger partial charge in [-0.3, -0.25) is 0 Å². The van der Waals surface area contributed by atoms with Gasteiger partial charge in [0.2, 0.25) is 0 Å². The second kappa shape index (κ2) is 8.63. The van der Waals surface area contributed by atoms with Gasteiger partial charge in [0.05, 0.1) is 6.10 Å². The Morgan fingerprint density at radius 1 is 0.760 bits per heavy atom. The Morgan fingerprint density at radius 3 is 2.04 bits per heavy atom. The summed E-state index contributed by atoms with van der Waals surface area (Å²) in [5.41, 5.74) is 0. The Labute approximate surface area is 151 Å². The van der Waals surface area contributed by atoms with Crippen LogP contribution in [0.25, 0.3) is 0 Å². The van der Waals surface area contributed by atoms with Gasteiger partial charge in [-0.1, -0.05) is 19.8 Å². The van der Waals surface area contributed by atoms with Crippen LogP contribution in [-0.2, 0) is 4.74 Å². The molecular weight excluding hydrogens is 325 g/mol. The molecule has 0 bridgehead atoms. The quantitative estimate of drug-likeness (QED) is 0.592. The lowest BCUT2D eigenvalue weighted by Gasteiger charge is -2.44. The highest BCUT2D eigenvalue weighted by atomic mass is 19.2. The van der Waals surface area contributed by atoms with Crippen LogP contribution in [0.1, 0.15) is 71.6 Å². The summed E-state index contributed by atoms with van der Waals surface area (Å²) in [5.74, 6) is 1.13. The predicted octanol–water partition coefficient (Wildman–Crippen LogP) is 6.06. The first-order valence-electron chi connectivity index (χ1n) is 10.5. The van der Waals surface area contributed by atoms with E-state index < -0.39 is 24.6 Å². The molecule has 0 aliphatic heterocycles. The third-order valence-electron chi connectivity index (χ3n) is 7.37. The van der Waals surface area contributed by atoms with Gasteiger partial charge in [0.25, 0.3) is 0 Å². The van der Waals surface area contributed by atoms with Crippen molar-refractivity contribution < 1.29 is 17.9 Å². The molecule has 0 aromatic rings. The van der Waals surface area contributed by atoms with Crippen molar-refractivity contribution in [3.8, 4) is 0 Å². The number of hydrogen-bond acceptors (Lipinski definition) is 1. The second-order valence-corrected chi connectivity index (χ2v) is 8.90. The van der Waals surface area contributed by atoms with Crippen molar-refractivity contribution >= 4 is 0 Å². The van der Waals surface area contributed by atoms with Gasteiger partial charge in [-0.05, 0) is 81.5 Å². The highest BCUT2D eigenvalue weighted by Gasteiger charge is 2.47. The van der Waals surface area contributed by atoms with Crippen molar-refractivity contribution in [1.29, 1.82) is 0 Å². The van der Waals surface area contributed by atoms with Crippen LogP contribution in [0.4, 0.5) is 13.2 Å². The summed E-state index contributed by atoms with van der Waals surface area (Å²) in [6.45, 7) is 4.51. The largest absolute Gasteiger partial charge is 0.375 e. The maximum absolute atomic E-state index is 14.9. The van der Waals surface area contributed by atoms with Gasteiger partial charge in [0.1, 0.15) is 12.3 Å². The van der Waals surface area contributed by atoms with Crippen molar-refractivity contribution in [3.05, 3.63) is 0 Å². The maximum Gasteiger partial charge on any atom is 0.157 e. The van der Waals surface area contributed by atoms with E-state index in [4.69, 9.17) is 4.74 Å². The molecule has 3 rings (SSSR count). The van der Waals surface area contributed by atoms with Crippen LogP contribution in [0.15, 0.2) is 0 Å². The van der Waals surface area contributed by atoms with E-state index in [0.717, 1.165) is 31.6 Å². The van der Waals surface area contributed by atoms with Crippen LogP contribution in [0.3, 0.4) is 0 Å². The normalized spacial score (nSPS) is 49.1. The third-order valence-corrected chi connectivity index (χ3v) is 7.37. The Bertz CT molecular complexity index is 410. The van der Waals surface area contributed by atoms with Crippen molar-refractivity contribution in [3.63, 3.8) is 0 Å². The predicted molar refractivity (Wildman–Crippen MR) is 94.8 cm³/mol. The van der Waals surface area contributed by atoms with Gasteiger partial charge >= 0.3 is 0 Å². The molecule has 0 amide bonds. The monoisotopic (exact) mass is 360 g/mol. The highest BCUT2D eigenvalue weighted by Crippen LogP contribution is 2.47. The van der Waals surface area contributed by atoms with Crippen molar-refractivity contribution in [2.45, 2.75) is 96.3 Å². The van der Waals surface area contributed by atoms with Crippen molar-refractivity contribution in [2.24, 2.45) is 29.6 Å². The molecule has 0 saturated heterocycles. The number of alkyl halides is 3. The molecule has 7 atom stereocenters. The second-order valence-electron chi connectivity index (χ2n) is 8.90. The Morgan fingerprint density at radius 2 is 1.40 bits per heavy atom. The van der Waals surface area contributed by atoms with E-state index in [1.54, 1.807) is 0 Å². The van der Waals surface area contributed by atoms with E-state index in [1.807, 2.05) is 6.92 Å². The zero-order valence-corrected chi connectivity index (χ0v) is 15.8. The van der Waals surface area contributed by atoms with E-state index in [0.29, 0.717) is 31.8 Å². The van der Waals surface area contributed by atoms with Gasteiger partial charge in [-0.25, -0.2) is 13.2 Å². The van der Waals surface area contributed by atoms with Gasteiger partial charge < -0.3 is 4.74 Å². The highest BCUT2D eigenvalue weighted by molar-refractivity contribution is 4.95. The van der Waals surface area contributed by atoms with Gasteiger partial charge in [-0.15, -0.1) is 0 Å². The fourth-order valence-corrected chi connectivity index (χ4v) is 5.80. The first-order chi connectivity index (χ1) is 12.0. The van der Waals surface area contributed by atoms with Crippen molar-refractivity contribution in [2.75, 3.05) is 6.61 Å². The van der Waals surface area contributed by atoms with E-state index in [1.165, 1.54) is 12.8 Å². The summed E-state index contributed by atoms with van der Waals surface area (Å²) in [7, 11) is 0. The van der Waals surface area contributed by atoms with Gasteiger partial charge in [-0.2, -0.15) is 0 Å². The fourth-order valence-electron chi connectivity index (χ4n) is 5.80. The molecule has 0 aromatic carbocycles. The number of hydrogen-bond donors (Lipinski definition) is 0. The molecule has 3 aliphatic rings. The van der Waals surface area contributed by atoms with Crippen molar-refractivity contribution in [1.82, 2.24) is 0 Å². The Hall–Kier alpha value is -0.250. The smallest absolute Gasteiger partial charge is 0.157 e. The zero-order valence-electron chi connectivity index (χ0n) is 15.8. The third kappa shape index (κ3) is 4.36. The van der Waals surface area contributed by atoms with E-state index in [9.17, 15) is 13.2 Å². The first-order valence-corrected chi connectivity index (χ1v) is 10.5. The first kappa shape index (κ1) is 19.5. The SMILES string of the molecule is CCOC1CCC(C2CCC(C3CCC(C)CC3)C(F)C2)C(F)C1F. The van der Waals surface area contributed by atoms with Crippen LogP contribution < -0.4 is 0 Å². The van der Waals surface area contributed by atoms with Gasteiger partial charge in [0, 0.05) is 6.61 Å². The molecule has 4 heteroatoms. The maximum atomic E-state index is 14.9. The van der Waals surface area contributed by atoms with Crippen LogP contribution in [0.5, 0.6) is 0 Å². The number of halogens is 3. The van der Waals surface area contributed by atoms with Gasteiger partial charge in [0.15, 0.2) is 6.17 Å². The summed E-state index contributed by atoms with van der Waals surface area (Å²) in [4.78, 5) is 0. The molecule has 0 aromatic heterocycles. The summed E-state index contributed by atoms with van der Waals surface area (Å²) >= 11 is 0. The Balaban J connectivity index is 1.54. The van der Waals surface area contributed by atoms with E-state index in [2.05, 4.69) is 6.92 Å². The minimum atomic E-state index is -1.55. The summed E-state index contributed by atoms with van der Waals surface area (Å²) in [5, 5.41) is 0. The van der Waals surface area contributed by atoms with Crippen LogP contribution in [0.2, 0.25) is 0 Å². The average Bonchev–Trinajstić information content (AvgIpc) is 2.60.